The predicted molar refractivity (Wildman–Crippen MR) is 85.9 cm³/mol. The van der Waals surface area contributed by atoms with Crippen molar-refractivity contribution in [2.75, 3.05) is 19.7 Å². The van der Waals surface area contributed by atoms with E-state index in [1.54, 1.807) is 0 Å². The van der Waals surface area contributed by atoms with Crippen LogP contribution in [0.3, 0.4) is 0 Å². The molecule has 0 aliphatic carbocycles. The Balaban J connectivity index is 1.57. The standard InChI is InChI=1S/C17H18F3N3O3/c18-17(19,20)14-8-23(7-12(14)9-24)16(25)21-6-13-10-26-15(22-13)11-4-2-1-3-5-11/h1-5,10,12,14,24H,6-9H2,(H,21,25)/t12-,14+/m0/s1. The largest absolute Gasteiger partial charge is 0.444 e. The second kappa shape index (κ2) is 7.36. The highest BCUT2D eigenvalue weighted by molar-refractivity contribution is 5.74. The Morgan fingerprint density at radius 3 is 2.65 bits per heavy atom. The number of aliphatic hydroxyl groups excluding tert-OH is 1. The molecule has 0 unspecified atom stereocenters. The van der Waals surface area contributed by atoms with Crippen molar-refractivity contribution in [1.29, 1.82) is 0 Å². The van der Waals surface area contributed by atoms with Gasteiger partial charge < -0.3 is 19.7 Å². The number of carbonyl (C=O) groups excluding carboxylic acids is 1. The Hall–Kier alpha value is -2.55. The zero-order valence-corrected chi connectivity index (χ0v) is 13.7. The lowest BCUT2D eigenvalue weighted by molar-refractivity contribution is -0.182. The van der Waals surface area contributed by atoms with Crippen molar-refractivity contribution in [1.82, 2.24) is 15.2 Å². The van der Waals surface area contributed by atoms with Crippen LogP contribution in [-0.2, 0) is 6.54 Å². The normalized spacial score (nSPS) is 20.4. The summed E-state index contributed by atoms with van der Waals surface area (Å²) in [6.45, 7) is -1.18. The molecule has 0 radical (unpaired) electrons. The fourth-order valence-electron chi connectivity index (χ4n) is 2.97. The fraction of sp³-hybridized carbons (Fsp3) is 0.412. The maximum Gasteiger partial charge on any atom is 0.393 e. The molecule has 1 saturated heterocycles. The van der Waals surface area contributed by atoms with Crippen LogP contribution >= 0.6 is 0 Å². The molecule has 1 aromatic carbocycles. The molecule has 2 aromatic rings. The lowest BCUT2D eigenvalue weighted by atomic mass is 9.97. The first-order valence-electron chi connectivity index (χ1n) is 8.08. The van der Waals surface area contributed by atoms with E-state index in [9.17, 15) is 18.0 Å². The number of halogens is 3. The third-order valence-corrected chi connectivity index (χ3v) is 4.38. The summed E-state index contributed by atoms with van der Waals surface area (Å²) in [7, 11) is 0. The van der Waals surface area contributed by atoms with Crippen LogP contribution in [0.1, 0.15) is 5.69 Å². The van der Waals surface area contributed by atoms with Gasteiger partial charge in [-0.3, -0.25) is 0 Å². The highest BCUT2D eigenvalue weighted by atomic mass is 19.4. The Labute approximate surface area is 147 Å². The van der Waals surface area contributed by atoms with E-state index in [0.29, 0.717) is 11.6 Å². The molecule has 0 saturated carbocycles. The molecule has 0 spiro atoms. The van der Waals surface area contributed by atoms with E-state index in [2.05, 4.69) is 10.3 Å². The number of alkyl halides is 3. The van der Waals surface area contributed by atoms with Crippen LogP contribution in [0.5, 0.6) is 0 Å². The molecule has 2 heterocycles. The molecule has 1 aromatic heterocycles. The third-order valence-electron chi connectivity index (χ3n) is 4.38. The maximum absolute atomic E-state index is 13.0. The van der Waals surface area contributed by atoms with Crippen LogP contribution in [0, 0.1) is 11.8 Å². The molecular formula is C17H18F3N3O3. The van der Waals surface area contributed by atoms with Crippen LogP contribution in [-0.4, -0.2) is 46.9 Å². The minimum Gasteiger partial charge on any atom is -0.444 e. The predicted octanol–water partition coefficient (Wildman–Crippen LogP) is 2.65. The van der Waals surface area contributed by atoms with Crippen LogP contribution in [0.15, 0.2) is 41.0 Å². The lowest BCUT2D eigenvalue weighted by Gasteiger charge is -2.19. The molecular weight excluding hydrogens is 351 g/mol. The van der Waals surface area contributed by atoms with Crippen LogP contribution in [0.25, 0.3) is 11.5 Å². The van der Waals surface area contributed by atoms with E-state index in [1.165, 1.54) is 6.26 Å². The number of carbonyl (C=O) groups is 1. The van der Waals surface area contributed by atoms with Crippen molar-refractivity contribution < 1.29 is 27.5 Å². The quantitative estimate of drug-likeness (QED) is 0.869. The van der Waals surface area contributed by atoms with Crippen molar-refractivity contribution in [3.63, 3.8) is 0 Å². The van der Waals surface area contributed by atoms with Gasteiger partial charge >= 0.3 is 12.2 Å². The second-order valence-corrected chi connectivity index (χ2v) is 6.16. The Morgan fingerprint density at radius 1 is 1.31 bits per heavy atom. The Morgan fingerprint density at radius 2 is 2.04 bits per heavy atom. The summed E-state index contributed by atoms with van der Waals surface area (Å²) in [5, 5.41) is 11.7. The van der Waals surface area contributed by atoms with E-state index in [0.717, 1.165) is 10.5 Å². The number of oxazole rings is 1. The number of rotatable bonds is 4. The summed E-state index contributed by atoms with van der Waals surface area (Å²) in [5.41, 5.74) is 1.24. The monoisotopic (exact) mass is 369 g/mol. The van der Waals surface area contributed by atoms with E-state index in [4.69, 9.17) is 9.52 Å². The molecule has 1 fully saturated rings. The molecule has 26 heavy (non-hydrogen) atoms. The van der Waals surface area contributed by atoms with Gasteiger partial charge in [-0.25, -0.2) is 9.78 Å². The fourth-order valence-corrected chi connectivity index (χ4v) is 2.97. The second-order valence-electron chi connectivity index (χ2n) is 6.16. The SMILES string of the molecule is O=C(NCc1coc(-c2ccccc2)n1)N1C[C@@H](CO)[C@H](C(F)(F)F)C1. The zero-order valence-electron chi connectivity index (χ0n) is 13.7. The number of hydrogen-bond acceptors (Lipinski definition) is 4. The minimum atomic E-state index is -4.45. The summed E-state index contributed by atoms with van der Waals surface area (Å²) in [5.74, 6) is -2.32. The first-order chi connectivity index (χ1) is 12.4. The summed E-state index contributed by atoms with van der Waals surface area (Å²) in [6.07, 6.45) is -3.05. The smallest absolute Gasteiger partial charge is 0.393 e. The number of benzene rings is 1. The number of nitrogens with one attached hydrogen (secondary N) is 1. The number of likely N-dealkylation sites (tertiary alicyclic amines) is 1. The lowest BCUT2D eigenvalue weighted by Crippen LogP contribution is -2.39. The van der Waals surface area contributed by atoms with Crippen molar-refractivity contribution >= 4 is 6.03 Å². The van der Waals surface area contributed by atoms with Gasteiger partial charge in [0.2, 0.25) is 5.89 Å². The van der Waals surface area contributed by atoms with Gasteiger partial charge in [-0.2, -0.15) is 13.2 Å². The number of aliphatic hydroxyl groups is 1. The Bertz CT molecular complexity index is 748. The molecule has 0 bridgehead atoms. The first-order valence-corrected chi connectivity index (χ1v) is 8.08. The molecule has 140 valence electrons. The molecule has 2 N–H and O–H groups in total. The Kier molecular flexibility index (Phi) is 5.17. The average Bonchev–Trinajstić information content (AvgIpc) is 3.27. The van der Waals surface area contributed by atoms with Gasteiger partial charge in [-0.1, -0.05) is 18.2 Å². The van der Waals surface area contributed by atoms with E-state index >= 15 is 0 Å². The first kappa shape index (κ1) is 18.2. The average molecular weight is 369 g/mol. The number of amides is 2. The van der Waals surface area contributed by atoms with Crippen molar-refractivity contribution in [2.24, 2.45) is 11.8 Å². The molecule has 3 rings (SSSR count). The van der Waals surface area contributed by atoms with Gasteiger partial charge in [0.1, 0.15) is 6.26 Å². The van der Waals surface area contributed by atoms with Gasteiger partial charge in [-0.05, 0) is 12.1 Å². The topological polar surface area (TPSA) is 78.6 Å². The summed E-state index contributed by atoms with van der Waals surface area (Å²) < 4.78 is 44.2. The van der Waals surface area contributed by atoms with Gasteiger partial charge in [0.25, 0.3) is 0 Å². The van der Waals surface area contributed by atoms with Gasteiger partial charge in [0.05, 0.1) is 18.2 Å². The number of aromatic nitrogens is 1. The van der Waals surface area contributed by atoms with Gasteiger partial charge in [-0.15, -0.1) is 0 Å². The molecule has 6 nitrogen and oxygen atoms in total. The van der Waals surface area contributed by atoms with Crippen molar-refractivity contribution in [3.8, 4) is 11.5 Å². The summed E-state index contributed by atoms with van der Waals surface area (Å²) >= 11 is 0. The highest BCUT2D eigenvalue weighted by Crippen LogP contribution is 2.37. The van der Waals surface area contributed by atoms with Gasteiger partial charge in [0.15, 0.2) is 0 Å². The van der Waals surface area contributed by atoms with E-state index in [1.807, 2.05) is 30.3 Å². The summed E-state index contributed by atoms with van der Waals surface area (Å²) in [4.78, 5) is 17.4. The molecule has 1 aliphatic rings. The summed E-state index contributed by atoms with van der Waals surface area (Å²) in [6, 6.07) is 8.55. The van der Waals surface area contributed by atoms with Gasteiger partial charge in [0, 0.05) is 31.2 Å². The van der Waals surface area contributed by atoms with E-state index < -0.39 is 37.2 Å². The van der Waals surface area contributed by atoms with Crippen molar-refractivity contribution in [3.05, 3.63) is 42.3 Å². The molecule has 9 heteroatoms. The highest BCUT2D eigenvalue weighted by Gasteiger charge is 2.50. The van der Waals surface area contributed by atoms with Crippen LogP contribution < -0.4 is 5.32 Å². The third kappa shape index (κ3) is 3.98. The van der Waals surface area contributed by atoms with Crippen LogP contribution in [0.2, 0.25) is 0 Å². The molecule has 2 amide bonds. The maximum atomic E-state index is 13.0. The van der Waals surface area contributed by atoms with Crippen molar-refractivity contribution in [2.45, 2.75) is 12.7 Å². The number of hydrogen-bond donors (Lipinski definition) is 2. The molecule has 2 atom stereocenters. The van der Waals surface area contributed by atoms with Crippen LogP contribution in [0.4, 0.5) is 18.0 Å². The minimum absolute atomic E-state index is 0.0339. The zero-order chi connectivity index (χ0) is 18.7. The van der Waals surface area contributed by atoms with E-state index in [-0.39, 0.29) is 13.1 Å². The number of nitrogens with zero attached hydrogens (tertiary/aromatic N) is 2. The number of urea groups is 1. The molecule has 1 aliphatic heterocycles.